The van der Waals surface area contributed by atoms with Crippen molar-refractivity contribution in [3.63, 3.8) is 0 Å². The van der Waals surface area contributed by atoms with Gasteiger partial charge in [0.15, 0.2) is 12.2 Å². The Labute approximate surface area is 82.9 Å². The number of rotatable bonds is 3. The Balaban J connectivity index is 1.93. The van der Waals surface area contributed by atoms with Gasteiger partial charge < -0.3 is 9.32 Å². The van der Waals surface area contributed by atoms with Crippen LogP contribution in [-0.4, -0.2) is 36.3 Å². The maximum absolute atomic E-state index is 10.4. The maximum Gasteiger partial charge on any atom is 0.194 e. The molecule has 1 saturated heterocycles. The fourth-order valence-electron chi connectivity index (χ4n) is 1.91. The smallest absolute Gasteiger partial charge is 0.194 e. The normalized spacial score (nSPS) is 22.8. The van der Waals surface area contributed by atoms with E-state index in [1.165, 1.54) is 12.7 Å². The second-order valence-electron chi connectivity index (χ2n) is 3.91. The van der Waals surface area contributed by atoms with E-state index in [4.69, 9.17) is 4.42 Å². The Morgan fingerprint density at radius 3 is 3.21 bits per heavy atom. The third-order valence-corrected chi connectivity index (χ3v) is 2.64. The number of carbonyl (C=O) groups excluding carboxylic acids is 1. The van der Waals surface area contributed by atoms with E-state index in [9.17, 15) is 4.79 Å². The lowest BCUT2D eigenvalue weighted by Crippen LogP contribution is -2.15. The number of likely N-dealkylation sites (tertiary alicyclic amines) is 1. The Morgan fingerprint density at radius 2 is 2.64 bits per heavy atom. The molecule has 2 rings (SSSR count). The first kappa shape index (κ1) is 9.40. The summed E-state index contributed by atoms with van der Waals surface area (Å²) in [5.41, 5.74) is 0.395. The van der Waals surface area contributed by atoms with E-state index >= 15 is 0 Å². The minimum atomic E-state index is 0.395. The first-order valence-electron chi connectivity index (χ1n) is 4.86. The molecule has 0 aromatic carbocycles. The Bertz CT molecular complexity index is 322. The predicted molar refractivity (Wildman–Crippen MR) is 51.2 cm³/mol. The molecular weight excluding hydrogens is 180 g/mol. The number of hydrogen-bond donors (Lipinski definition) is 0. The first-order valence-corrected chi connectivity index (χ1v) is 4.86. The summed E-state index contributed by atoms with van der Waals surface area (Å²) >= 11 is 0. The van der Waals surface area contributed by atoms with Crippen molar-refractivity contribution in [3.05, 3.63) is 17.8 Å². The molecule has 1 fully saturated rings. The molecule has 0 saturated carbocycles. The highest BCUT2D eigenvalue weighted by Crippen LogP contribution is 2.18. The predicted octanol–water partition coefficient (Wildman–Crippen LogP) is 0.981. The highest BCUT2D eigenvalue weighted by molar-refractivity contribution is 5.70. The molecule has 0 radical (unpaired) electrons. The van der Waals surface area contributed by atoms with Crippen LogP contribution in [-0.2, 0) is 6.42 Å². The fraction of sp³-hybridized carbons (Fsp3) is 0.600. The Morgan fingerprint density at radius 1 is 1.79 bits per heavy atom. The second kappa shape index (κ2) is 3.92. The Kier molecular flexibility index (Phi) is 2.63. The van der Waals surface area contributed by atoms with Gasteiger partial charge in [-0.05, 0) is 25.9 Å². The lowest BCUT2D eigenvalue weighted by atomic mass is 10.1. The number of oxazole rings is 1. The summed E-state index contributed by atoms with van der Waals surface area (Å²) in [6.45, 7) is 2.24. The topological polar surface area (TPSA) is 46.3 Å². The maximum atomic E-state index is 10.4. The van der Waals surface area contributed by atoms with Gasteiger partial charge in [0.25, 0.3) is 0 Å². The number of nitrogens with zero attached hydrogens (tertiary/aromatic N) is 2. The van der Waals surface area contributed by atoms with Gasteiger partial charge in [-0.2, -0.15) is 0 Å². The van der Waals surface area contributed by atoms with Crippen molar-refractivity contribution in [2.45, 2.75) is 12.8 Å². The van der Waals surface area contributed by atoms with E-state index in [2.05, 4.69) is 16.9 Å². The van der Waals surface area contributed by atoms with E-state index in [1.807, 2.05) is 0 Å². The molecule has 0 N–H and O–H groups in total. The second-order valence-corrected chi connectivity index (χ2v) is 3.91. The minimum Gasteiger partial charge on any atom is -0.448 e. The van der Waals surface area contributed by atoms with Crippen molar-refractivity contribution < 1.29 is 9.21 Å². The summed E-state index contributed by atoms with van der Waals surface area (Å²) < 4.78 is 5.19. The minimum absolute atomic E-state index is 0.395. The van der Waals surface area contributed by atoms with Crippen LogP contribution >= 0.6 is 0 Å². The molecule has 4 heteroatoms. The van der Waals surface area contributed by atoms with Gasteiger partial charge in [-0.25, -0.2) is 4.98 Å². The van der Waals surface area contributed by atoms with Crippen LogP contribution in [0.1, 0.15) is 22.8 Å². The van der Waals surface area contributed by atoms with Crippen LogP contribution in [0.4, 0.5) is 0 Å². The molecule has 1 unspecified atom stereocenters. The SMILES string of the molecule is CN1CCC(Cc2nc(C=O)co2)C1. The van der Waals surface area contributed by atoms with E-state index in [0.717, 1.165) is 19.5 Å². The summed E-state index contributed by atoms with van der Waals surface area (Å²) in [5, 5.41) is 0. The lowest BCUT2D eigenvalue weighted by molar-refractivity contribution is 0.111. The van der Waals surface area contributed by atoms with E-state index < -0.39 is 0 Å². The molecule has 2 heterocycles. The fourth-order valence-corrected chi connectivity index (χ4v) is 1.91. The zero-order valence-electron chi connectivity index (χ0n) is 8.27. The van der Waals surface area contributed by atoms with E-state index in [0.29, 0.717) is 23.8 Å². The van der Waals surface area contributed by atoms with E-state index in [-0.39, 0.29) is 0 Å². The van der Waals surface area contributed by atoms with E-state index in [1.54, 1.807) is 0 Å². The van der Waals surface area contributed by atoms with Crippen molar-refractivity contribution in [2.75, 3.05) is 20.1 Å². The number of aromatic nitrogens is 1. The van der Waals surface area contributed by atoms with Gasteiger partial charge in [0.05, 0.1) is 0 Å². The van der Waals surface area contributed by atoms with Gasteiger partial charge >= 0.3 is 0 Å². The van der Waals surface area contributed by atoms with Crippen molar-refractivity contribution in [3.8, 4) is 0 Å². The van der Waals surface area contributed by atoms with Gasteiger partial charge in [-0.1, -0.05) is 0 Å². The highest BCUT2D eigenvalue weighted by Gasteiger charge is 2.21. The summed E-state index contributed by atoms with van der Waals surface area (Å²) in [7, 11) is 2.12. The first-order chi connectivity index (χ1) is 6.78. The monoisotopic (exact) mass is 194 g/mol. The van der Waals surface area contributed by atoms with Crippen LogP contribution in [0.5, 0.6) is 0 Å². The third kappa shape index (κ3) is 2.01. The average molecular weight is 194 g/mol. The van der Waals surface area contributed by atoms with Crippen LogP contribution < -0.4 is 0 Å². The van der Waals surface area contributed by atoms with Gasteiger partial charge in [-0.3, -0.25) is 4.79 Å². The molecule has 0 bridgehead atoms. The van der Waals surface area contributed by atoms with Crippen LogP contribution in [0, 0.1) is 5.92 Å². The van der Waals surface area contributed by atoms with Gasteiger partial charge in [0, 0.05) is 13.0 Å². The molecule has 0 aliphatic carbocycles. The summed E-state index contributed by atoms with van der Waals surface area (Å²) in [6, 6.07) is 0. The van der Waals surface area contributed by atoms with Crippen LogP contribution in [0.15, 0.2) is 10.7 Å². The van der Waals surface area contributed by atoms with Crippen LogP contribution in [0.25, 0.3) is 0 Å². The molecule has 1 aromatic rings. The molecule has 1 aliphatic heterocycles. The number of hydrogen-bond acceptors (Lipinski definition) is 4. The molecule has 1 aromatic heterocycles. The van der Waals surface area contributed by atoms with Gasteiger partial charge in [0.1, 0.15) is 12.0 Å². The quantitative estimate of drug-likeness (QED) is 0.673. The molecular formula is C10H14N2O2. The Hall–Kier alpha value is -1.16. The van der Waals surface area contributed by atoms with Crippen molar-refractivity contribution in [1.29, 1.82) is 0 Å². The van der Waals surface area contributed by atoms with Crippen molar-refractivity contribution in [2.24, 2.45) is 5.92 Å². The summed E-state index contributed by atoms with van der Waals surface area (Å²) in [5.74, 6) is 1.31. The van der Waals surface area contributed by atoms with Crippen LogP contribution in [0.2, 0.25) is 0 Å². The largest absolute Gasteiger partial charge is 0.448 e. The van der Waals surface area contributed by atoms with Gasteiger partial charge in [0.2, 0.25) is 0 Å². The molecule has 76 valence electrons. The molecule has 0 spiro atoms. The number of carbonyl (C=O) groups is 1. The highest BCUT2D eigenvalue weighted by atomic mass is 16.3. The zero-order chi connectivity index (χ0) is 9.97. The standard InChI is InChI=1S/C10H14N2O2/c1-12-3-2-8(5-12)4-10-11-9(6-13)7-14-10/h6-8H,2-5H2,1H3. The molecule has 1 atom stereocenters. The van der Waals surface area contributed by atoms with Crippen LogP contribution in [0.3, 0.4) is 0 Å². The van der Waals surface area contributed by atoms with Crippen molar-refractivity contribution >= 4 is 6.29 Å². The molecule has 14 heavy (non-hydrogen) atoms. The lowest BCUT2D eigenvalue weighted by Gasteiger charge is -2.07. The number of aldehydes is 1. The molecule has 1 aliphatic rings. The summed E-state index contributed by atoms with van der Waals surface area (Å²) in [6.07, 6.45) is 4.17. The molecule has 0 amide bonds. The van der Waals surface area contributed by atoms with Crippen molar-refractivity contribution in [1.82, 2.24) is 9.88 Å². The molecule has 4 nitrogen and oxygen atoms in total. The average Bonchev–Trinajstić information content (AvgIpc) is 2.76. The summed E-state index contributed by atoms with van der Waals surface area (Å²) in [4.78, 5) is 16.7. The van der Waals surface area contributed by atoms with Gasteiger partial charge in [-0.15, -0.1) is 0 Å². The third-order valence-electron chi connectivity index (χ3n) is 2.64. The zero-order valence-corrected chi connectivity index (χ0v) is 8.27.